The average molecular weight is 304 g/mol. The van der Waals surface area contributed by atoms with Crippen molar-refractivity contribution in [2.45, 2.75) is 6.54 Å². The van der Waals surface area contributed by atoms with Crippen LogP contribution in [0.2, 0.25) is 0 Å². The molecule has 3 aromatic rings. The van der Waals surface area contributed by atoms with Crippen LogP contribution in [0.3, 0.4) is 0 Å². The van der Waals surface area contributed by atoms with E-state index in [2.05, 4.69) is 5.10 Å². The van der Waals surface area contributed by atoms with E-state index in [1.54, 1.807) is 6.08 Å². The smallest absolute Gasteiger partial charge is 0.328 e. The zero-order chi connectivity index (χ0) is 16.1. The van der Waals surface area contributed by atoms with Gasteiger partial charge in [-0.2, -0.15) is 5.10 Å². The molecule has 3 rings (SSSR count). The van der Waals surface area contributed by atoms with Gasteiger partial charge in [-0.3, -0.25) is 4.68 Å². The first kappa shape index (κ1) is 14.8. The molecule has 114 valence electrons. The standard InChI is InChI=1S/C19H16N2O2/c22-18(23)12-11-17-14-21(13-15-7-3-1-4-8-15)20-19(17)16-9-5-2-6-10-16/h1-12,14H,13H2,(H,22,23)/b12-11+. The fourth-order valence-electron chi connectivity index (χ4n) is 2.39. The molecule has 0 spiro atoms. The molecular formula is C19H16N2O2. The normalized spacial score (nSPS) is 11.0. The van der Waals surface area contributed by atoms with Crippen molar-refractivity contribution in [3.8, 4) is 11.3 Å². The molecule has 0 atom stereocenters. The van der Waals surface area contributed by atoms with Gasteiger partial charge in [-0.05, 0) is 11.6 Å². The Bertz CT molecular complexity index is 821. The fourth-order valence-corrected chi connectivity index (χ4v) is 2.39. The van der Waals surface area contributed by atoms with Gasteiger partial charge in [0.25, 0.3) is 0 Å². The molecule has 1 aromatic heterocycles. The van der Waals surface area contributed by atoms with E-state index in [9.17, 15) is 4.79 Å². The Balaban J connectivity index is 1.98. The minimum atomic E-state index is -0.972. The lowest BCUT2D eigenvalue weighted by Crippen LogP contribution is -1.99. The summed E-state index contributed by atoms with van der Waals surface area (Å²) in [6.07, 6.45) is 4.59. The topological polar surface area (TPSA) is 55.1 Å². The molecule has 0 unspecified atom stereocenters. The molecule has 0 bridgehead atoms. The van der Waals surface area contributed by atoms with Crippen LogP contribution in [0.25, 0.3) is 17.3 Å². The summed E-state index contributed by atoms with van der Waals surface area (Å²) < 4.78 is 1.83. The summed E-state index contributed by atoms with van der Waals surface area (Å²) in [5.74, 6) is -0.972. The minimum Gasteiger partial charge on any atom is -0.478 e. The van der Waals surface area contributed by atoms with E-state index >= 15 is 0 Å². The lowest BCUT2D eigenvalue weighted by molar-refractivity contribution is -0.131. The highest BCUT2D eigenvalue weighted by atomic mass is 16.4. The molecule has 23 heavy (non-hydrogen) atoms. The quantitative estimate of drug-likeness (QED) is 0.731. The number of aliphatic carboxylic acids is 1. The maximum absolute atomic E-state index is 10.8. The number of hydrogen-bond acceptors (Lipinski definition) is 2. The number of rotatable bonds is 5. The van der Waals surface area contributed by atoms with Crippen molar-refractivity contribution in [1.29, 1.82) is 0 Å². The van der Waals surface area contributed by atoms with E-state index in [1.165, 1.54) is 0 Å². The molecule has 0 aliphatic heterocycles. The molecule has 0 aliphatic carbocycles. The van der Waals surface area contributed by atoms with Gasteiger partial charge in [-0.1, -0.05) is 60.7 Å². The van der Waals surface area contributed by atoms with Gasteiger partial charge in [-0.25, -0.2) is 4.79 Å². The van der Waals surface area contributed by atoms with Crippen LogP contribution in [-0.4, -0.2) is 20.9 Å². The number of carbonyl (C=O) groups is 1. The zero-order valence-electron chi connectivity index (χ0n) is 12.5. The number of hydrogen-bond donors (Lipinski definition) is 1. The molecule has 0 aliphatic rings. The van der Waals surface area contributed by atoms with Crippen molar-refractivity contribution < 1.29 is 9.90 Å². The number of carboxylic acid groups (broad SMARTS) is 1. The van der Waals surface area contributed by atoms with Crippen molar-refractivity contribution in [2.75, 3.05) is 0 Å². The molecule has 0 saturated heterocycles. The van der Waals surface area contributed by atoms with Gasteiger partial charge < -0.3 is 5.11 Å². The van der Waals surface area contributed by atoms with Crippen molar-refractivity contribution in [2.24, 2.45) is 0 Å². The van der Waals surface area contributed by atoms with Crippen LogP contribution in [-0.2, 0) is 11.3 Å². The van der Waals surface area contributed by atoms with Crippen molar-refractivity contribution in [3.63, 3.8) is 0 Å². The Morgan fingerprint density at radius 2 is 1.70 bits per heavy atom. The summed E-state index contributed by atoms with van der Waals surface area (Å²) >= 11 is 0. The highest BCUT2D eigenvalue weighted by molar-refractivity contribution is 5.87. The minimum absolute atomic E-state index is 0.640. The van der Waals surface area contributed by atoms with E-state index in [-0.39, 0.29) is 0 Å². The SMILES string of the molecule is O=C(O)/C=C/c1cn(Cc2ccccc2)nc1-c1ccccc1. The first-order valence-electron chi connectivity index (χ1n) is 7.30. The van der Waals surface area contributed by atoms with E-state index in [0.717, 1.165) is 28.5 Å². The second-order valence-corrected chi connectivity index (χ2v) is 5.15. The zero-order valence-corrected chi connectivity index (χ0v) is 12.5. The molecule has 4 heteroatoms. The summed E-state index contributed by atoms with van der Waals surface area (Å²) in [4.78, 5) is 10.8. The Kier molecular flexibility index (Phi) is 4.34. The van der Waals surface area contributed by atoms with Gasteiger partial charge in [0.15, 0.2) is 0 Å². The predicted octanol–water partition coefficient (Wildman–Crippen LogP) is 3.70. The van der Waals surface area contributed by atoms with Gasteiger partial charge in [0.1, 0.15) is 0 Å². The molecule has 0 amide bonds. The summed E-state index contributed by atoms with van der Waals surface area (Å²) in [5.41, 5.74) is 3.67. The summed E-state index contributed by atoms with van der Waals surface area (Å²) in [6, 6.07) is 19.8. The number of aromatic nitrogens is 2. The number of benzene rings is 2. The second-order valence-electron chi connectivity index (χ2n) is 5.15. The molecular weight excluding hydrogens is 288 g/mol. The maximum atomic E-state index is 10.8. The Morgan fingerprint density at radius 3 is 2.35 bits per heavy atom. The van der Waals surface area contributed by atoms with Gasteiger partial charge in [0.05, 0.1) is 12.2 Å². The third-order valence-corrected chi connectivity index (χ3v) is 3.43. The Hall–Kier alpha value is -3.14. The highest BCUT2D eigenvalue weighted by Crippen LogP contribution is 2.23. The third-order valence-electron chi connectivity index (χ3n) is 3.43. The Morgan fingerprint density at radius 1 is 1.04 bits per heavy atom. The van der Waals surface area contributed by atoms with Gasteiger partial charge in [0, 0.05) is 23.4 Å². The van der Waals surface area contributed by atoms with E-state index in [1.807, 2.05) is 71.5 Å². The lowest BCUT2D eigenvalue weighted by Gasteiger charge is -2.01. The molecule has 0 saturated carbocycles. The Labute approximate surface area is 134 Å². The van der Waals surface area contributed by atoms with Crippen LogP contribution in [0.15, 0.2) is 72.9 Å². The van der Waals surface area contributed by atoms with Crippen molar-refractivity contribution in [3.05, 3.63) is 84.1 Å². The summed E-state index contributed by atoms with van der Waals surface area (Å²) in [5, 5.41) is 13.5. The van der Waals surface area contributed by atoms with Gasteiger partial charge in [-0.15, -0.1) is 0 Å². The maximum Gasteiger partial charge on any atom is 0.328 e. The average Bonchev–Trinajstić information content (AvgIpc) is 2.97. The van der Waals surface area contributed by atoms with Crippen LogP contribution in [0, 0.1) is 0 Å². The van der Waals surface area contributed by atoms with Crippen LogP contribution in [0.4, 0.5) is 0 Å². The monoisotopic (exact) mass is 304 g/mol. The van der Waals surface area contributed by atoms with E-state index in [4.69, 9.17) is 5.11 Å². The van der Waals surface area contributed by atoms with Crippen molar-refractivity contribution in [1.82, 2.24) is 9.78 Å². The highest BCUT2D eigenvalue weighted by Gasteiger charge is 2.09. The number of carboxylic acids is 1. The van der Waals surface area contributed by atoms with E-state index in [0.29, 0.717) is 6.54 Å². The largest absolute Gasteiger partial charge is 0.478 e. The molecule has 1 N–H and O–H groups in total. The summed E-state index contributed by atoms with van der Waals surface area (Å²) in [6.45, 7) is 0.640. The molecule has 0 fully saturated rings. The molecule has 4 nitrogen and oxygen atoms in total. The van der Waals surface area contributed by atoms with Gasteiger partial charge >= 0.3 is 5.97 Å². The number of nitrogens with zero attached hydrogens (tertiary/aromatic N) is 2. The second kappa shape index (κ2) is 6.75. The molecule has 0 radical (unpaired) electrons. The van der Waals surface area contributed by atoms with Crippen LogP contribution in [0.1, 0.15) is 11.1 Å². The van der Waals surface area contributed by atoms with E-state index < -0.39 is 5.97 Å². The van der Waals surface area contributed by atoms with Crippen LogP contribution >= 0.6 is 0 Å². The molecule has 1 heterocycles. The van der Waals surface area contributed by atoms with Crippen LogP contribution in [0.5, 0.6) is 0 Å². The molecule has 2 aromatic carbocycles. The fraction of sp³-hybridized carbons (Fsp3) is 0.0526. The van der Waals surface area contributed by atoms with Crippen molar-refractivity contribution >= 4 is 12.0 Å². The first-order valence-corrected chi connectivity index (χ1v) is 7.30. The summed E-state index contributed by atoms with van der Waals surface area (Å²) in [7, 11) is 0. The van der Waals surface area contributed by atoms with Gasteiger partial charge in [0.2, 0.25) is 0 Å². The predicted molar refractivity (Wildman–Crippen MR) is 89.9 cm³/mol. The first-order chi connectivity index (χ1) is 11.2. The van der Waals surface area contributed by atoms with Crippen LogP contribution < -0.4 is 0 Å². The lowest BCUT2D eigenvalue weighted by atomic mass is 10.1. The third kappa shape index (κ3) is 3.74.